The van der Waals surface area contributed by atoms with E-state index in [9.17, 15) is 18.8 Å². The van der Waals surface area contributed by atoms with Crippen molar-refractivity contribution in [3.8, 4) is 0 Å². The zero-order chi connectivity index (χ0) is 16.7. The van der Waals surface area contributed by atoms with Gasteiger partial charge in [0.2, 0.25) is 5.91 Å². The lowest BCUT2D eigenvalue weighted by molar-refractivity contribution is -0.120. The fourth-order valence-corrected chi connectivity index (χ4v) is 1.83. The van der Waals surface area contributed by atoms with Crippen molar-refractivity contribution >= 4 is 11.8 Å². The maximum absolute atomic E-state index is 12.7. The Hall–Kier alpha value is -2.97. The van der Waals surface area contributed by atoms with Crippen LogP contribution < -0.4 is 16.3 Å². The average molecular weight is 321 g/mol. The third kappa shape index (κ3) is 5.06. The summed E-state index contributed by atoms with van der Waals surface area (Å²) in [6.07, 6.45) is 1.93. The van der Waals surface area contributed by atoms with Crippen LogP contribution in [0, 0.1) is 5.82 Å². The largest absolute Gasteiger partial charge is 0.355 e. The molecule has 2 aromatic rings. The molecule has 0 fully saturated rings. The number of carbonyl (C=O) groups excluding carboxylic acids is 2. The summed E-state index contributed by atoms with van der Waals surface area (Å²) in [5, 5.41) is 10.9. The Bertz CT molecular complexity index is 723. The third-order valence-electron chi connectivity index (χ3n) is 3.03. The van der Waals surface area contributed by atoms with E-state index >= 15 is 0 Å². The van der Waals surface area contributed by atoms with Gasteiger partial charge in [-0.1, -0.05) is 0 Å². The van der Waals surface area contributed by atoms with Crippen LogP contribution in [-0.4, -0.2) is 39.7 Å². The predicted octanol–water partition coefficient (Wildman–Crippen LogP) is -0.353. The molecular formula is C14H16FN5O3. The predicted molar refractivity (Wildman–Crippen MR) is 79.2 cm³/mol. The monoisotopic (exact) mass is 321 g/mol. The number of halogens is 1. The van der Waals surface area contributed by atoms with E-state index in [-0.39, 0.29) is 23.7 Å². The smallest absolute Gasteiger partial charge is 0.343 e. The molecule has 0 bridgehead atoms. The number of nitrogens with one attached hydrogen (secondary N) is 3. The SMILES string of the molecule is O=C(CNC(=O)c1ccc(F)cc1)NCCCn1cn[nH]c1=O. The van der Waals surface area contributed by atoms with Gasteiger partial charge in [-0.05, 0) is 30.7 Å². The lowest BCUT2D eigenvalue weighted by Gasteiger charge is -2.07. The average Bonchev–Trinajstić information content (AvgIpc) is 2.95. The highest BCUT2D eigenvalue weighted by molar-refractivity contribution is 5.96. The topological polar surface area (TPSA) is 109 Å². The number of nitrogens with zero attached hydrogens (tertiary/aromatic N) is 2. The molecule has 8 nitrogen and oxygen atoms in total. The first-order valence-corrected chi connectivity index (χ1v) is 6.96. The van der Waals surface area contributed by atoms with Crippen molar-refractivity contribution in [2.45, 2.75) is 13.0 Å². The molecule has 2 rings (SSSR count). The van der Waals surface area contributed by atoms with Gasteiger partial charge in [0.15, 0.2) is 0 Å². The minimum atomic E-state index is -0.454. The van der Waals surface area contributed by atoms with E-state index in [1.807, 2.05) is 0 Å². The molecular weight excluding hydrogens is 305 g/mol. The number of aryl methyl sites for hydroxylation is 1. The van der Waals surface area contributed by atoms with Crippen LogP contribution in [0.25, 0.3) is 0 Å². The Morgan fingerprint density at radius 3 is 2.61 bits per heavy atom. The van der Waals surface area contributed by atoms with E-state index in [1.165, 1.54) is 35.2 Å². The summed E-state index contributed by atoms with van der Waals surface area (Å²) < 4.78 is 14.1. The quantitative estimate of drug-likeness (QED) is 0.605. The van der Waals surface area contributed by atoms with E-state index in [0.29, 0.717) is 19.5 Å². The molecule has 1 aromatic carbocycles. The van der Waals surface area contributed by atoms with E-state index in [1.54, 1.807) is 0 Å². The van der Waals surface area contributed by atoms with Gasteiger partial charge in [0.25, 0.3) is 5.91 Å². The fraction of sp³-hybridized carbons (Fsp3) is 0.286. The molecule has 0 saturated heterocycles. The number of aromatic amines is 1. The van der Waals surface area contributed by atoms with Crippen molar-refractivity contribution in [3.63, 3.8) is 0 Å². The van der Waals surface area contributed by atoms with Crippen molar-refractivity contribution in [1.29, 1.82) is 0 Å². The van der Waals surface area contributed by atoms with Crippen LogP contribution in [0.3, 0.4) is 0 Å². The highest BCUT2D eigenvalue weighted by Gasteiger charge is 2.07. The van der Waals surface area contributed by atoms with Gasteiger partial charge in [0, 0.05) is 18.7 Å². The van der Waals surface area contributed by atoms with Crippen LogP contribution in [-0.2, 0) is 11.3 Å². The molecule has 0 aliphatic rings. The molecule has 23 heavy (non-hydrogen) atoms. The molecule has 3 N–H and O–H groups in total. The van der Waals surface area contributed by atoms with E-state index < -0.39 is 11.7 Å². The number of H-pyrrole nitrogens is 1. The summed E-state index contributed by atoms with van der Waals surface area (Å²) in [6.45, 7) is 0.613. The first-order chi connectivity index (χ1) is 11.1. The summed E-state index contributed by atoms with van der Waals surface area (Å²) in [5.41, 5.74) is -0.0265. The first-order valence-electron chi connectivity index (χ1n) is 6.96. The van der Waals surface area contributed by atoms with Crippen LogP contribution >= 0.6 is 0 Å². The number of amides is 2. The van der Waals surface area contributed by atoms with Gasteiger partial charge < -0.3 is 10.6 Å². The summed E-state index contributed by atoms with van der Waals surface area (Å²) in [6, 6.07) is 5.02. The summed E-state index contributed by atoms with van der Waals surface area (Å²) in [7, 11) is 0. The normalized spacial score (nSPS) is 10.3. The Balaban J connectivity index is 1.65. The molecule has 2 amide bonds. The number of hydrogen-bond acceptors (Lipinski definition) is 4. The molecule has 0 aliphatic carbocycles. The second-order valence-corrected chi connectivity index (χ2v) is 4.75. The zero-order valence-corrected chi connectivity index (χ0v) is 12.2. The Morgan fingerprint density at radius 1 is 1.22 bits per heavy atom. The fourth-order valence-electron chi connectivity index (χ4n) is 1.83. The van der Waals surface area contributed by atoms with Crippen molar-refractivity contribution in [3.05, 3.63) is 52.5 Å². The molecule has 9 heteroatoms. The van der Waals surface area contributed by atoms with Crippen LogP contribution in [0.2, 0.25) is 0 Å². The van der Waals surface area contributed by atoms with E-state index in [2.05, 4.69) is 20.8 Å². The number of rotatable bonds is 7. The Labute approximate surface area is 130 Å². The summed E-state index contributed by atoms with van der Waals surface area (Å²) in [4.78, 5) is 34.5. The Morgan fingerprint density at radius 2 is 1.96 bits per heavy atom. The molecule has 1 heterocycles. The van der Waals surface area contributed by atoms with Crippen LogP contribution in [0.15, 0.2) is 35.4 Å². The molecule has 1 aromatic heterocycles. The van der Waals surface area contributed by atoms with Gasteiger partial charge >= 0.3 is 5.69 Å². The van der Waals surface area contributed by atoms with E-state index in [4.69, 9.17) is 0 Å². The maximum Gasteiger partial charge on any atom is 0.343 e. The maximum atomic E-state index is 12.7. The van der Waals surface area contributed by atoms with Crippen molar-refractivity contribution in [2.75, 3.05) is 13.1 Å². The van der Waals surface area contributed by atoms with Crippen molar-refractivity contribution < 1.29 is 14.0 Å². The third-order valence-corrected chi connectivity index (χ3v) is 3.03. The molecule has 0 spiro atoms. The highest BCUT2D eigenvalue weighted by Crippen LogP contribution is 2.01. The molecule has 0 unspecified atom stereocenters. The highest BCUT2D eigenvalue weighted by atomic mass is 19.1. The second-order valence-electron chi connectivity index (χ2n) is 4.75. The van der Waals surface area contributed by atoms with Gasteiger partial charge in [0.05, 0.1) is 6.54 Å². The van der Waals surface area contributed by atoms with Gasteiger partial charge in [0.1, 0.15) is 12.1 Å². The van der Waals surface area contributed by atoms with E-state index in [0.717, 1.165) is 0 Å². The Kier molecular flexibility index (Phi) is 5.61. The molecule has 0 radical (unpaired) electrons. The number of benzene rings is 1. The summed E-state index contributed by atoms with van der Waals surface area (Å²) in [5.74, 6) is -1.24. The minimum absolute atomic E-state index is 0.179. The molecule has 0 atom stereocenters. The second kappa shape index (κ2) is 7.87. The number of aromatic nitrogens is 3. The molecule has 0 saturated carbocycles. The van der Waals surface area contributed by atoms with Crippen LogP contribution in [0.5, 0.6) is 0 Å². The summed E-state index contributed by atoms with van der Waals surface area (Å²) >= 11 is 0. The first kappa shape index (κ1) is 16.4. The molecule has 0 aliphatic heterocycles. The number of carbonyl (C=O) groups is 2. The standard InChI is InChI=1S/C14H16FN5O3/c15-11-4-2-10(3-5-11)13(22)17-8-12(21)16-6-1-7-20-9-18-19-14(20)23/h2-5,9H,1,6-8H2,(H,16,21)(H,17,22)(H,19,23). The van der Waals surface area contributed by atoms with Gasteiger partial charge in [-0.2, -0.15) is 5.10 Å². The van der Waals surface area contributed by atoms with Gasteiger partial charge in [-0.25, -0.2) is 14.3 Å². The van der Waals surface area contributed by atoms with Gasteiger partial charge in [-0.3, -0.25) is 14.2 Å². The number of hydrogen-bond donors (Lipinski definition) is 3. The van der Waals surface area contributed by atoms with Crippen LogP contribution in [0.1, 0.15) is 16.8 Å². The van der Waals surface area contributed by atoms with Crippen LogP contribution in [0.4, 0.5) is 4.39 Å². The van der Waals surface area contributed by atoms with Gasteiger partial charge in [-0.15, -0.1) is 0 Å². The van der Waals surface area contributed by atoms with Crippen molar-refractivity contribution in [2.24, 2.45) is 0 Å². The zero-order valence-electron chi connectivity index (χ0n) is 12.2. The lowest BCUT2D eigenvalue weighted by atomic mass is 10.2. The van der Waals surface area contributed by atoms with Crippen molar-refractivity contribution in [1.82, 2.24) is 25.4 Å². The minimum Gasteiger partial charge on any atom is -0.355 e. The molecule has 122 valence electrons. The lowest BCUT2D eigenvalue weighted by Crippen LogP contribution is -2.37.